The Bertz CT molecular complexity index is 806. The highest BCUT2D eigenvalue weighted by molar-refractivity contribution is 7.54. The molecule has 0 fully saturated rings. The van der Waals surface area contributed by atoms with Crippen LogP contribution in [0.2, 0.25) is 0 Å². The van der Waals surface area contributed by atoms with Crippen molar-refractivity contribution in [3.8, 4) is 0 Å². The molecule has 5 heteroatoms. The van der Waals surface area contributed by atoms with Gasteiger partial charge in [-0.25, -0.2) is 0 Å². The Kier molecular flexibility index (Phi) is 6.97. The fourth-order valence-electron chi connectivity index (χ4n) is 2.62. The van der Waals surface area contributed by atoms with E-state index in [1.165, 1.54) is 0 Å². The van der Waals surface area contributed by atoms with Crippen molar-refractivity contribution in [3.05, 3.63) is 108 Å². The lowest BCUT2D eigenvalue weighted by molar-refractivity contribution is 0.132. The van der Waals surface area contributed by atoms with E-state index in [1.54, 1.807) is 0 Å². The molecule has 0 aliphatic heterocycles. The van der Waals surface area contributed by atoms with Gasteiger partial charge in [0.25, 0.3) is 0 Å². The Balaban J connectivity index is 1.72. The summed E-state index contributed by atoms with van der Waals surface area (Å²) in [5.74, 6) is -1.24. The van der Waals surface area contributed by atoms with Gasteiger partial charge in [0.1, 0.15) is 0 Å². The molecule has 0 aliphatic carbocycles. The first-order chi connectivity index (χ1) is 13.2. The maximum atomic E-state index is 13.4. The fraction of sp³-hybridized carbons (Fsp3) is 0.182. The van der Waals surface area contributed by atoms with Gasteiger partial charge >= 0.3 is 7.60 Å². The van der Waals surface area contributed by atoms with Gasteiger partial charge in [-0.2, -0.15) is 0 Å². The third-order valence-corrected chi connectivity index (χ3v) is 6.02. The van der Waals surface area contributed by atoms with Gasteiger partial charge in [0.15, 0.2) is 5.85 Å². The highest BCUT2D eigenvalue weighted by Crippen LogP contribution is 2.54. The Morgan fingerprint density at radius 2 is 1.04 bits per heavy atom. The highest BCUT2D eigenvalue weighted by Gasteiger charge is 2.35. The van der Waals surface area contributed by atoms with E-state index in [0.29, 0.717) is 0 Å². The van der Waals surface area contributed by atoms with Gasteiger partial charge in [-0.15, -0.1) is 0 Å². The Morgan fingerprint density at radius 1 is 0.667 bits per heavy atom. The molecule has 0 saturated heterocycles. The first kappa shape index (κ1) is 19.5. The van der Waals surface area contributed by atoms with Crippen molar-refractivity contribution in [3.63, 3.8) is 0 Å². The van der Waals surface area contributed by atoms with Crippen LogP contribution in [0.15, 0.2) is 91.0 Å². The normalized spacial score (nSPS) is 12.6. The summed E-state index contributed by atoms with van der Waals surface area (Å²) in [5.41, 5.74) is 2.61. The van der Waals surface area contributed by atoms with E-state index in [-0.39, 0.29) is 19.6 Å². The number of benzene rings is 3. The quantitative estimate of drug-likeness (QED) is 0.519. The van der Waals surface area contributed by atoms with Crippen LogP contribution in [0.4, 0.5) is 0 Å². The van der Waals surface area contributed by atoms with Crippen LogP contribution in [0.5, 0.6) is 0 Å². The SMILES string of the molecule is O=P(OCc1ccccc1)(OCc1ccccc1)[C@H](O)Cc1ccccc1. The van der Waals surface area contributed by atoms with Crippen LogP contribution >= 0.6 is 7.60 Å². The molecule has 1 N–H and O–H groups in total. The predicted octanol–water partition coefficient (Wildman–Crippen LogP) is 5.17. The van der Waals surface area contributed by atoms with Crippen LogP contribution in [0.3, 0.4) is 0 Å². The van der Waals surface area contributed by atoms with Gasteiger partial charge < -0.3 is 14.2 Å². The molecule has 0 heterocycles. The predicted molar refractivity (Wildman–Crippen MR) is 106 cm³/mol. The van der Waals surface area contributed by atoms with E-state index in [2.05, 4.69) is 0 Å². The fourth-order valence-corrected chi connectivity index (χ4v) is 4.13. The zero-order chi connectivity index (χ0) is 19.0. The molecule has 4 nitrogen and oxygen atoms in total. The number of hydrogen-bond donors (Lipinski definition) is 1. The van der Waals surface area contributed by atoms with Crippen LogP contribution < -0.4 is 0 Å². The summed E-state index contributed by atoms with van der Waals surface area (Å²) in [5, 5.41) is 10.7. The van der Waals surface area contributed by atoms with Crippen molar-refractivity contribution in [1.82, 2.24) is 0 Å². The summed E-state index contributed by atoms with van der Waals surface area (Å²) in [6.07, 6.45) is 0.196. The molecular weight excluding hydrogens is 359 g/mol. The average molecular weight is 382 g/mol. The van der Waals surface area contributed by atoms with Crippen molar-refractivity contribution >= 4 is 7.60 Å². The molecule has 0 aromatic heterocycles. The smallest absolute Gasteiger partial charge is 0.359 e. The molecule has 3 rings (SSSR count). The molecule has 0 unspecified atom stereocenters. The minimum Gasteiger partial charge on any atom is -0.380 e. The topological polar surface area (TPSA) is 55.8 Å². The van der Waals surface area contributed by atoms with Crippen molar-refractivity contribution in [1.29, 1.82) is 0 Å². The van der Waals surface area contributed by atoms with Crippen molar-refractivity contribution in [2.24, 2.45) is 0 Å². The molecule has 3 aromatic carbocycles. The number of aliphatic hydroxyl groups is 1. The maximum absolute atomic E-state index is 13.4. The summed E-state index contributed by atoms with van der Waals surface area (Å²) in [7, 11) is -3.75. The molecule has 3 aromatic rings. The molecule has 1 atom stereocenters. The second-order valence-corrected chi connectivity index (χ2v) is 8.42. The summed E-state index contributed by atoms with van der Waals surface area (Å²) in [6.45, 7) is 0.220. The van der Waals surface area contributed by atoms with Crippen molar-refractivity contribution in [2.45, 2.75) is 25.5 Å². The number of aliphatic hydroxyl groups excluding tert-OH is 1. The summed E-state index contributed by atoms with van der Waals surface area (Å²) >= 11 is 0. The summed E-state index contributed by atoms with van der Waals surface area (Å²) in [4.78, 5) is 0. The second kappa shape index (κ2) is 9.63. The number of rotatable bonds is 9. The van der Waals surface area contributed by atoms with E-state index in [4.69, 9.17) is 9.05 Å². The van der Waals surface area contributed by atoms with Crippen LogP contribution in [0.25, 0.3) is 0 Å². The van der Waals surface area contributed by atoms with Crippen LogP contribution in [0, 0.1) is 0 Å². The molecular formula is C22H23O4P. The van der Waals surface area contributed by atoms with Gasteiger partial charge in [0.05, 0.1) is 13.2 Å². The summed E-state index contributed by atoms with van der Waals surface area (Å²) < 4.78 is 24.7. The third kappa shape index (κ3) is 5.88. The highest BCUT2D eigenvalue weighted by atomic mass is 31.2. The summed E-state index contributed by atoms with van der Waals surface area (Å²) in [6, 6.07) is 28.3. The molecule has 0 radical (unpaired) electrons. The molecule has 0 amide bonds. The van der Waals surface area contributed by atoms with Gasteiger partial charge in [-0.05, 0) is 16.7 Å². The molecule has 0 bridgehead atoms. The monoisotopic (exact) mass is 382 g/mol. The van der Waals surface area contributed by atoms with Crippen LogP contribution in [-0.4, -0.2) is 11.0 Å². The molecule has 27 heavy (non-hydrogen) atoms. The largest absolute Gasteiger partial charge is 0.380 e. The zero-order valence-corrected chi connectivity index (χ0v) is 15.9. The Morgan fingerprint density at radius 3 is 1.44 bits per heavy atom. The average Bonchev–Trinajstić information content (AvgIpc) is 2.73. The number of hydrogen-bond acceptors (Lipinski definition) is 4. The molecule has 0 saturated carbocycles. The Labute approximate surface area is 159 Å². The molecule has 0 spiro atoms. The van der Waals surface area contributed by atoms with Gasteiger partial charge in [-0.1, -0.05) is 91.0 Å². The lowest BCUT2D eigenvalue weighted by Gasteiger charge is -2.23. The van der Waals surface area contributed by atoms with E-state index >= 15 is 0 Å². The van der Waals surface area contributed by atoms with Crippen molar-refractivity contribution in [2.75, 3.05) is 0 Å². The zero-order valence-electron chi connectivity index (χ0n) is 15.0. The lowest BCUT2D eigenvalue weighted by Crippen LogP contribution is -2.15. The lowest BCUT2D eigenvalue weighted by atomic mass is 10.2. The molecule has 140 valence electrons. The van der Waals surface area contributed by atoms with E-state index in [9.17, 15) is 9.67 Å². The van der Waals surface area contributed by atoms with Gasteiger partial charge in [0, 0.05) is 6.42 Å². The minimum atomic E-state index is -3.75. The van der Waals surface area contributed by atoms with Gasteiger partial charge in [0.2, 0.25) is 0 Å². The third-order valence-electron chi connectivity index (χ3n) is 4.13. The van der Waals surface area contributed by atoms with Crippen LogP contribution in [-0.2, 0) is 33.2 Å². The van der Waals surface area contributed by atoms with E-state index in [0.717, 1.165) is 16.7 Å². The minimum absolute atomic E-state index is 0.110. The standard InChI is InChI=1S/C22H23O4P/c23-22(16-19-10-4-1-5-11-19)27(24,25-17-20-12-6-2-7-13-20)26-18-21-14-8-3-9-15-21/h1-15,22-23H,16-18H2/t22-/m0/s1. The first-order valence-electron chi connectivity index (χ1n) is 8.84. The Hall–Kier alpha value is -2.23. The van der Waals surface area contributed by atoms with E-state index < -0.39 is 13.4 Å². The maximum Gasteiger partial charge on any atom is 0.359 e. The van der Waals surface area contributed by atoms with Gasteiger partial charge in [-0.3, -0.25) is 4.57 Å². The first-order valence-corrected chi connectivity index (χ1v) is 10.5. The van der Waals surface area contributed by atoms with Crippen molar-refractivity contribution < 1.29 is 18.7 Å². The van der Waals surface area contributed by atoms with E-state index in [1.807, 2.05) is 91.0 Å². The van der Waals surface area contributed by atoms with Crippen LogP contribution in [0.1, 0.15) is 16.7 Å². The second-order valence-electron chi connectivity index (χ2n) is 6.23. The molecule has 0 aliphatic rings.